The van der Waals surface area contributed by atoms with Crippen LogP contribution in [0.4, 0.5) is 0 Å². The first kappa shape index (κ1) is 11.7. The highest BCUT2D eigenvalue weighted by molar-refractivity contribution is 7.80. The Morgan fingerprint density at radius 1 is 1.43 bits per heavy atom. The van der Waals surface area contributed by atoms with Gasteiger partial charge in [0.2, 0.25) is 0 Å². The van der Waals surface area contributed by atoms with Crippen molar-refractivity contribution < 1.29 is 0 Å². The zero-order valence-electron chi connectivity index (χ0n) is 8.72. The van der Waals surface area contributed by atoms with Gasteiger partial charge in [-0.1, -0.05) is 23.9 Å². The van der Waals surface area contributed by atoms with E-state index in [9.17, 15) is 0 Å². The maximum atomic E-state index is 5.40. The third kappa shape index (κ3) is 5.35. The van der Waals surface area contributed by atoms with Crippen LogP contribution in [0.2, 0.25) is 0 Å². The summed E-state index contributed by atoms with van der Waals surface area (Å²) in [7, 11) is 0. The molecule has 0 amide bonds. The lowest BCUT2D eigenvalue weighted by molar-refractivity contribution is 0.638. The minimum Gasteiger partial charge on any atom is -0.393 e. The lowest BCUT2D eigenvalue weighted by Crippen LogP contribution is -2.22. The van der Waals surface area contributed by atoms with Gasteiger partial charge in [0, 0.05) is 13.0 Å². The summed E-state index contributed by atoms with van der Waals surface area (Å²) in [5.41, 5.74) is 7.02. The third-order valence-corrected chi connectivity index (χ3v) is 2.76. The number of allylic oxidation sites excluding steroid dienone is 1. The Morgan fingerprint density at radius 3 is 2.93 bits per heavy atom. The summed E-state index contributed by atoms with van der Waals surface area (Å²) in [4.78, 5) is 0.606. The Bertz CT molecular complexity index is 211. The highest BCUT2D eigenvalue weighted by Gasteiger charge is 2.02. The lowest BCUT2D eigenvalue weighted by Gasteiger charge is -2.12. The molecule has 14 heavy (non-hydrogen) atoms. The van der Waals surface area contributed by atoms with Gasteiger partial charge in [-0.15, -0.1) is 0 Å². The maximum Gasteiger partial charge on any atom is 0.0740 e. The molecular weight excluding hydrogens is 192 g/mol. The van der Waals surface area contributed by atoms with Crippen molar-refractivity contribution in [1.29, 1.82) is 0 Å². The minimum atomic E-state index is 0.606. The molecule has 0 heterocycles. The van der Waals surface area contributed by atoms with Crippen LogP contribution in [0.25, 0.3) is 0 Å². The molecule has 2 nitrogen and oxygen atoms in total. The molecule has 1 aliphatic rings. The predicted molar refractivity (Wildman–Crippen MR) is 65.4 cm³/mol. The number of hydrogen-bond acceptors (Lipinski definition) is 2. The van der Waals surface area contributed by atoms with E-state index in [1.807, 2.05) is 0 Å². The molecule has 1 aliphatic carbocycles. The summed E-state index contributed by atoms with van der Waals surface area (Å²) in [6, 6.07) is 0. The SMILES string of the molecule is NC(=S)CCNCCC1=CCCCC1. The van der Waals surface area contributed by atoms with Gasteiger partial charge in [0.25, 0.3) is 0 Å². The minimum absolute atomic E-state index is 0.606. The van der Waals surface area contributed by atoms with E-state index in [4.69, 9.17) is 18.0 Å². The Morgan fingerprint density at radius 2 is 2.29 bits per heavy atom. The van der Waals surface area contributed by atoms with Crippen LogP contribution < -0.4 is 11.1 Å². The summed E-state index contributed by atoms with van der Waals surface area (Å²) < 4.78 is 0. The number of thiocarbonyl (C=S) groups is 1. The second-order valence-corrected chi connectivity index (χ2v) is 4.35. The standard InChI is InChI=1S/C11H20N2S/c12-11(14)7-9-13-8-6-10-4-2-1-3-5-10/h4,13H,1-3,5-9H2,(H2,12,14). The predicted octanol–water partition coefficient (Wildman–Crippen LogP) is 2.14. The molecule has 0 saturated heterocycles. The average Bonchev–Trinajstić information content (AvgIpc) is 2.18. The van der Waals surface area contributed by atoms with Gasteiger partial charge in [-0.25, -0.2) is 0 Å². The van der Waals surface area contributed by atoms with E-state index in [-0.39, 0.29) is 0 Å². The van der Waals surface area contributed by atoms with E-state index in [2.05, 4.69) is 11.4 Å². The van der Waals surface area contributed by atoms with Crippen LogP contribution in [0, 0.1) is 0 Å². The molecule has 0 bridgehead atoms. The summed E-state index contributed by atoms with van der Waals surface area (Å²) >= 11 is 4.80. The van der Waals surface area contributed by atoms with Crippen molar-refractivity contribution in [3.8, 4) is 0 Å². The molecule has 3 heteroatoms. The van der Waals surface area contributed by atoms with Gasteiger partial charge in [-0.3, -0.25) is 0 Å². The fraction of sp³-hybridized carbons (Fsp3) is 0.727. The van der Waals surface area contributed by atoms with Crippen molar-refractivity contribution in [2.24, 2.45) is 5.73 Å². The van der Waals surface area contributed by atoms with Gasteiger partial charge in [-0.05, 0) is 38.6 Å². The highest BCUT2D eigenvalue weighted by Crippen LogP contribution is 2.19. The number of hydrogen-bond donors (Lipinski definition) is 2. The molecule has 0 radical (unpaired) electrons. The molecule has 80 valence electrons. The molecule has 1 rings (SSSR count). The van der Waals surface area contributed by atoms with Crippen molar-refractivity contribution in [3.05, 3.63) is 11.6 Å². The molecule has 0 spiro atoms. The van der Waals surface area contributed by atoms with E-state index < -0.39 is 0 Å². The zero-order chi connectivity index (χ0) is 10.2. The van der Waals surface area contributed by atoms with Crippen LogP contribution in [0.15, 0.2) is 11.6 Å². The van der Waals surface area contributed by atoms with Crippen LogP contribution >= 0.6 is 12.2 Å². The summed E-state index contributed by atoms with van der Waals surface area (Å²) in [6.07, 6.45) is 9.74. The van der Waals surface area contributed by atoms with Crippen molar-refractivity contribution in [3.63, 3.8) is 0 Å². The van der Waals surface area contributed by atoms with Crippen LogP contribution in [-0.4, -0.2) is 18.1 Å². The fourth-order valence-corrected chi connectivity index (χ4v) is 1.82. The molecule has 0 saturated carbocycles. The topological polar surface area (TPSA) is 38.0 Å². The molecular formula is C11H20N2S. The molecule has 0 unspecified atom stereocenters. The first-order valence-electron chi connectivity index (χ1n) is 5.46. The van der Waals surface area contributed by atoms with Crippen LogP contribution in [0.1, 0.15) is 38.5 Å². The first-order chi connectivity index (χ1) is 6.79. The van der Waals surface area contributed by atoms with Crippen molar-refractivity contribution in [2.45, 2.75) is 38.5 Å². The molecule has 0 aromatic heterocycles. The lowest BCUT2D eigenvalue weighted by atomic mass is 9.97. The quantitative estimate of drug-likeness (QED) is 0.402. The maximum absolute atomic E-state index is 5.40. The van der Waals surface area contributed by atoms with Gasteiger partial charge < -0.3 is 11.1 Å². The highest BCUT2D eigenvalue weighted by atomic mass is 32.1. The molecule has 3 N–H and O–H groups in total. The molecule has 0 atom stereocenters. The van der Waals surface area contributed by atoms with Crippen molar-refractivity contribution >= 4 is 17.2 Å². The second-order valence-electron chi connectivity index (χ2n) is 3.82. The van der Waals surface area contributed by atoms with Crippen LogP contribution in [-0.2, 0) is 0 Å². The Labute approximate surface area is 91.9 Å². The Hall–Kier alpha value is -0.410. The van der Waals surface area contributed by atoms with Gasteiger partial charge in [0.1, 0.15) is 0 Å². The van der Waals surface area contributed by atoms with Crippen molar-refractivity contribution in [1.82, 2.24) is 5.32 Å². The van der Waals surface area contributed by atoms with Crippen molar-refractivity contribution in [2.75, 3.05) is 13.1 Å². The molecule has 0 aliphatic heterocycles. The smallest absolute Gasteiger partial charge is 0.0740 e. The second kappa shape index (κ2) is 6.96. The van der Waals surface area contributed by atoms with Gasteiger partial charge in [-0.2, -0.15) is 0 Å². The number of nitrogens with one attached hydrogen (secondary N) is 1. The van der Waals surface area contributed by atoms with E-state index in [0.717, 1.165) is 19.5 Å². The van der Waals surface area contributed by atoms with Crippen LogP contribution in [0.5, 0.6) is 0 Å². The summed E-state index contributed by atoms with van der Waals surface area (Å²) in [6.45, 7) is 1.98. The average molecular weight is 212 g/mol. The molecule has 0 fully saturated rings. The fourth-order valence-electron chi connectivity index (χ4n) is 1.72. The zero-order valence-corrected chi connectivity index (χ0v) is 9.54. The largest absolute Gasteiger partial charge is 0.393 e. The summed E-state index contributed by atoms with van der Waals surface area (Å²) in [5, 5.41) is 3.36. The molecule has 0 aromatic carbocycles. The van der Waals surface area contributed by atoms with Crippen LogP contribution in [0.3, 0.4) is 0 Å². The van der Waals surface area contributed by atoms with E-state index in [1.54, 1.807) is 5.57 Å². The van der Waals surface area contributed by atoms with E-state index in [1.165, 1.54) is 32.1 Å². The van der Waals surface area contributed by atoms with E-state index >= 15 is 0 Å². The van der Waals surface area contributed by atoms with Gasteiger partial charge >= 0.3 is 0 Å². The first-order valence-corrected chi connectivity index (χ1v) is 5.87. The normalized spacial score (nSPS) is 16.4. The third-order valence-electron chi connectivity index (χ3n) is 2.56. The number of rotatable bonds is 6. The van der Waals surface area contributed by atoms with Gasteiger partial charge in [0.15, 0.2) is 0 Å². The monoisotopic (exact) mass is 212 g/mol. The van der Waals surface area contributed by atoms with E-state index in [0.29, 0.717) is 4.99 Å². The Balaban J connectivity index is 1.98. The summed E-state index contributed by atoms with van der Waals surface area (Å²) in [5.74, 6) is 0. The molecule has 0 aromatic rings. The van der Waals surface area contributed by atoms with Gasteiger partial charge in [0.05, 0.1) is 4.99 Å². The Kier molecular flexibility index (Phi) is 5.80. The number of nitrogens with two attached hydrogens (primary N) is 1.